The molecule has 0 bridgehead atoms. The highest BCUT2D eigenvalue weighted by Gasteiger charge is 2.19. The van der Waals surface area contributed by atoms with E-state index < -0.39 is 5.97 Å². The maximum atomic E-state index is 11.0. The van der Waals surface area contributed by atoms with E-state index in [2.05, 4.69) is 17.4 Å². The third kappa shape index (κ3) is 6.22. The highest BCUT2D eigenvalue weighted by molar-refractivity contribution is 5.97. The molecule has 196 valence electrons. The van der Waals surface area contributed by atoms with E-state index in [0.29, 0.717) is 19.0 Å². The molecule has 0 atom stereocenters. The average molecular weight is 511 g/mol. The summed E-state index contributed by atoms with van der Waals surface area (Å²) in [5, 5.41) is 18.8. The fourth-order valence-corrected chi connectivity index (χ4v) is 5.12. The Morgan fingerprint density at radius 1 is 1.08 bits per heavy atom. The van der Waals surface area contributed by atoms with E-state index in [1.165, 1.54) is 19.3 Å². The largest absolute Gasteiger partial charge is 0.497 e. The van der Waals surface area contributed by atoms with Gasteiger partial charge in [0.1, 0.15) is 11.6 Å². The molecular weight excluding hydrogens is 476 g/mol. The second-order valence-corrected chi connectivity index (χ2v) is 9.90. The van der Waals surface area contributed by atoms with Crippen LogP contribution in [0.3, 0.4) is 0 Å². The van der Waals surface area contributed by atoms with E-state index in [-0.39, 0.29) is 6.42 Å². The van der Waals surface area contributed by atoms with Crippen molar-refractivity contribution in [3.8, 4) is 5.75 Å². The van der Waals surface area contributed by atoms with Gasteiger partial charge in [-0.1, -0.05) is 61.7 Å². The molecule has 2 aromatic heterocycles. The van der Waals surface area contributed by atoms with E-state index in [1.807, 2.05) is 65.5 Å². The highest BCUT2D eigenvalue weighted by atomic mass is 16.5. The Morgan fingerprint density at radius 3 is 2.66 bits per heavy atom. The zero-order chi connectivity index (χ0) is 26.3. The van der Waals surface area contributed by atoms with Gasteiger partial charge in [0.05, 0.1) is 30.3 Å². The van der Waals surface area contributed by atoms with Crippen LogP contribution in [-0.2, 0) is 17.8 Å². The van der Waals surface area contributed by atoms with Crippen molar-refractivity contribution in [2.75, 3.05) is 12.4 Å². The first kappa shape index (κ1) is 25.5. The Morgan fingerprint density at radius 2 is 1.89 bits per heavy atom. The highest BCUT2D eigenvalue weighted by Crippen LogP contribution is 2.30. The van der Waals surface area contributed by atoms with E-state index in [4.69, 9.17) is 19.9 Å². The molecule has 2 aromatic carbocycles. The number of anilines is 1. The number of ether oxygens (including phenoxy) is 1. The molecule has 4 aromatic rings. The topological polar surface area (TPSA) is 89.3 Å². The second-order valence-electron chi connectivity index (χ2n) is 9.90. The normalized spacial score (nSPS) is 14.2. The third-order valence-corrected chi connectivity index (χ3v) is 7.14. The van der Waals surface area contributed by atoms with Gasteiger partial charge in [-0.15, -0.1) is 0 Å². The fraction of sp³-hybridized carbons (Fsp3) is 0.323. The number of aliphatic carboxylic acids is 1. The zero-order valence-electron chi connectivity index (χ0n) is 21.8. The number of carbonyl (C=O) groups is 1. The summed E-state index contributed by atoms with van der Waals surface area (Å²) in [5.74, 6) is 0.923. The Kier molecular flexibility index (Phi) is 8.02. The van der Waals surface area contributed by atoms with E-state index in [0.717, 1.165) is 57.7 Å². The van der Waals surface area contributed by atoms with E-state index >= 15 is 0 Å². The van der Waals surface area contributed by atoms with Crippen molar-refractivity contribution in [3.63, 3.8) is 0 Å². The standard InChI is InChI=1S/C31H34N4O3/c1-38-26-14-10-24(11-15-26)21-35-28-18-19-32-31(33-25-8-3-2-4-9-25)30(28)27(34-35)16-12-22-6-5-7-23(20-22)13-17-29(36)37/h5-7,10-12,14-16,18-20,25H,2-4,8-9,13,17,21H2,1H3,(H,32,33)(H,36,37). The molecule has 1 aliphatic carbocycles. The van der Waals surface area contributed by atoms with Gasteiger partial charge < -0.3 is 15.2 Å². The SMILES string of the molecule is COc1ccc(Cn2nc(C=Cc3cccc(CCC(=O)O)c3)c3c(NC4CCCCC4)nccc32)cc1. The van der Waals surface area contributed by atoms with Crippen LogP contribution in [0.5, 0.6) is 5.75 Å². The molecule has 1 aliphatic rings. The number of hydrogen-bond acceptors (Lipinski definition) is 5. The Balaban J connectivity index is 1.49. The van der Waals surface area contributed by atoms with Crippen LogP contribution in [0.25, 0.3) is 23.1 Å². The first-order valence-electron chi connectivity index (χ1n) is 13.3. The van der Waals surface area contributed by atoms with Crippen molar-refractivity contribution in [1.29, 1.82) is 0 Å². The predicted octanol–water partition coefficient (Wildman–Crippen LogP) is 6.42. The molecule has 0 spiro atoms. The van der Waals surface area contributed by atoms with Crippen molar-refractivity contribution >= 4 is 34.8 Å². The molecule has 7 heteroatoms. The zero-order valence-corrected chi connectivity index (χ0v) is 21.8. The number of nitrogens with one attached hydrogen (secondary N) is 1. The smallest absolute Gasteiger partial charge is 0.303 e. The number of hydrogen-bond donors (Lipinski definition) is 2. The van der Waals surface area contributed by atoms with Gasteiger partial charge in [-0.3, -0.25) is 9.48 Å². The lowest BCUT2D eigenvalue weighted by molar-refractivity contribution is -0.136. The monoisotopic (exact) mass is 510 g/mol. The Labute approximate surface area is 223 Å². The van der Waals surface area contributed by atoms with Crippen molar-refractivity contribution in [3.05, 3.63) is 83.2 Å². The van der Waals surface area contributed by atoms with Gasteiger partial charge in [0.15, 0.2) is 0 Å². The molecule has 2 N–H and O–H groups in total. The van der Waals surface area contributed by atoms with Crippen molar-refractivity contribution in [2.24, 2.45) is 0 Å². The van der Waals surface area contributed by atoms with Gasteiger partial charge in [0.25, 0.3) is 0 Å². The number of benzene rings is 2. The van der Waals surface area contributed by atoms with Gasteiger partial charge >= 0.3 is 5.97 Å². The second kappa shape index (κ2) is 11.9. The van der Waals surface area contributed by atoms with Gasteiger partial charge in [0, 0.05) is 18.7 Å². The number of aryl methyl sites for hydroxylation is 1. The van der Waals surface area contributed by atoms with E-state index in [1.54, 1.807) is 7.11 Å². The summed E-state index contributed by atoms with van der Waals surface area (Å²) in [4.78, 5) is 15.7. The van der Waals surface area contributed by atoms with Crippen LogP contribution in [0.1, 0.15) is 60.9 Å². The minimum atomic E-state index is -0.787. The number of pyridine rings is 1. The molecule has 0 unspecified atom stereocenters. The molecular formula is C31H34N4O3. The lowest BCUT2D eigenvalue weighted by atomic mass is 9.95. The van der Waals surface area contributed by atoms with Crippen LogP contribution in [0.15, 0.2) is 60.8 Å². The lowest BCUT2D eigenvalue weighted by Gasteiger charge is -2.23. The van der Waals surface area contributed by atoms with Crippen LogP contribution in [-0.4, -0.2) is 39.0 Å². The molecule has 0 saturated heterocycles. The van der Waals surface area contributed by atoms with Gasteiger partial charge in [-0.25, -0.2) is 4.98 Å². The molecule has 5 rings (SSSR count). The predicted molar refractivity (Wildman–Crippen MR) is 151 cm³/mol. The minimum absolute atomic E-state index is 0.120. The molecule has 7 nitrogen and oxygen atoms in total. The van der Waals surface area contributed by atoms with Crippen LogP contribution in [0.2, 0.25) is 0 Å². The van der Waals surface area contributed by atoms with Crippen LogP contribution in [0.4, 0.5) is 5.82 Å². The Bertz CT molecular complexity index is 1420. The first-order chi connectivity index (χ1) is 18.6. The summed E-state index contributed by atoms with van der Waals surface area (Å²) in [6, 6.07) is 18.5. The van der Waals surface area contributed by atoms with Gasteiger partial charge in [0.2, 0.25) is 0 Å². The fourth-order valence-electron chi connectivity index (χ4n) is 5.12. The minimum Gasteiger partial charge on any atom is -0.497 e. The summed E-state index contributed by atoms with van der Waals surface area (Å²) in [6.45, 7) is 0.631. The summed E-state index contributed by atoms with van der Waals surface area (Å²) in [5.41, 5.74) is 5.04. The lowest BCUT2D eigenvalue weighted by Crippen LogP contribution is -2.22. The maximum Gasteiger partial charge on any atom is 0.303 e. The average Bonchev–Trinajstić information content (AvgIpc) is 3.30. The van der Waals surface area contributed by atoms with Crippen molar-refractivity contribution < 1.29 is 14.6 Å². The summed E-state index contributed by atoms with van der Waals surface area (Å²) in [7, 11) is 1.67. The first-order valence-corrected chi connectivity index (χ1v) is 13.3. The molecule has 1 saturated carbocycles. The number of nitrogens with zero attached hydrogens (tertiary/aromatic N) is 3. The number of aromatic nitrogens is 3. The Hall–Kier alpha value is -4.13. The molecule has 0 aliphatic heterocycles. The molecule has 2 heterocycles. The number of carboxylic acid groups (broad SMARTS) is 1. The van der Waals surface area contributed by atoms with Crippen LogP contribution < -0.4 is 10.1 Å². The molecule has 38 heavy (non-hydrogen) atoms. The quantitative estimate of drug-likeness (QED) is 0.256. The summed E-state index contributed by atoms with van der Waals surface area (Å²) >= 11 is 0. The van der Waals surface area contributed by atoms with Gasteiger partial charge in [-0.2, -0.15) is 5.10 Å². The van der Waals surface area contributed by atoms with E-state index in [9.17, 15) is 4.79 Å². The number of rotatable bonds is 10. The van der Waals surface area contributed by atoms with Crippen molar-refractivity contribution in [2.45, 2.75) is 57.5 Å². The number of carboxylic acids is 1. The summed E-state index contributed by atoms with van der Waals surface area (Å²) < 4.78 is 7.35. The number of methoxy groups -OCH3 is 1. The summed E-state index contributed by atoms with van der Waals surface area (Å²) in [6.07, 6.45) is 12.7. The number of fused-ring (bicyclic) bond motifs is 1. The molecule has 0 amide bonds. The molecule has 0 radical (unpaired) electrons. The third-order valence-electron chi connectivity index (χ3n) is 7.14. The van der Waals surface area contributed by atoms with Crippen molar-refractivity contribution in [1.82, 2.24) is 14.8 Å². The van der Waals surface area contributed by atoms with Gasteiger partial charge in [-0.05, 0) is 60.2 Å². The maximum absolute atomic E-state index is 11.0. The van der Waals surface area contributed by atoms with Crippen LogP contribution >= 0.6 is 0 Å². The van der Waals surface area contributed by atoms with Crippen LogP contribution in [0, 0.1) is 0 Å². The molecule has 1 fully saturated rings.